The fraction of sp³-hybridized carbons (Fsp3) is 0.452. The van der Waals surface area contributed by atoms with Gasteiger partial charge in [0, 0.05) is 48.7 Å². The topological polar surface area (TPSA) is 119 Å². The Morgan fingerprint density at radius 1 is 1.16 bits per heavy atom. The summed E-state index contributed by atoms with van der Waals surface area (Å²) < 4.78 is 41.9. The molecule has 4 aromatic rings. The van der Waals surface area contributed by atoms with Gasteiger partial charge in [-0.1, -0.05) is 31.8 Å². The Hall–Kier alpha value is -3.67. The number of alkyl halides is 3. The highest BCUT2D eigenvalue weighted by Crippen LogP contribution is 2.36. The summed E-state index contributed by atoms with van der Waals surface area (Å²) in [6.07, 6.45) is 7.28. The molecule has 0 bridgehead atoms. The lowest BCUT2D eigenvalue weighted by atomic mass is 9.87. The largest absolute Gasteiger partial charge is 0.490 e. The molecule has 0 aliphatic heterocycles. The van der Waals surface area contributed by atoms with Gasteiger partial charge in [-0.3, -0.25) is 4.68 Å². The molecule has 0 spiro atoms. The van der Waals surface area contributed by atoms with Crippen molar-refractivity contribution in [3.63, 3.8) is 0 Å². The number of ether oxygens (including phenoxy) is 1. The molecule has 3 heterocycles. The lowest BCUT2D eigenvalue weighted by Crippen LogP contribution is -2.22. The van der Waals surface area contributed by atoms with Crippen LogP contribution in [0.3, 0.4) is 0 Å². The maximum Gasteiger partial charge on any atom is 0.490 e. The van der Waals surface area contributed by atoms with Gasteiger partial charge in [-0.25, -0.2) is 14.8 Å². The third-order valence-corrected chi connectivity index (χ3v) is 10.6. The molecule has 0 radical (unpaired) electrons. The number of fused-ring (bicyclic) bond motifs is 1. The van der Waals surface area contributed by atoms with Crippen LogP contribution in [0.1, 0.15) is 37.3 Å². The summed E-state index contributed by atoms with van der Waals surface area (Å²) in [6, 6.07) is 13.9. The second kappa shape index (κ2) is 15.1. The lowest BCUT2D eigenvalue weighted by molar-refractivity contribution is -0.192. The monoisotopic (exact) mass is 658 g/mol. The summed E-state index contributed by atoms with van der Waals surface area (Å²) >= 11 is 1.82. The minimum absolute atomic E-state index is 0.415. The smallest absolute Gasteiger partial charge is 0.475 e. The lowest BCUT2D eigenvalue weighted by Gasteiger charge is -2.28. The van der Waals surface area contributed by atoms with Gasteiger partial charge < -0.3 is 14.4 Å². The predicted molar refractivity (Wildman–Crippen MR) is 169 cm³/mol. The average Bonchev–Trinajstić information content (AvgIpc) is 3.66. The molecule has 1 aromatic carbocycles. The molecule has 0 unspecified atom stereocenters. The number of nitrogens with zero attached hydrogens (tertiary/aromatic N) is 6. The van der Waals surface area contributed by atoms with Gasteiger partial charge >= 0.3 is 12.1 Å². The van der Waals surface area contributed by atoms with Gasteiger partial charge in [0.05, 0.1) is 23.5 Å². The molecular weight excluding hydrogens is 622 g/mol. The summed E-state index contributed by atoms with van der Waals surface area (Å²) in [5.74, 6) is -1.02. The van der Waals surface area contributed by atoms with Crippen molar-refractivity contribution in [2.24, 2.45) is 5.92 Å². The van der Waals surface area contributed by atoms with Crippen molar-refractivity contribution >= 4 is 36.8 Å². The molecule has 1 N–H and O–H groups in total. The summed E-state index contributed by atoms with van der Waals surface area (Å²) in [5.41, 5.74) is 3.62. The number of halogens is 3. The SMILES string of the molecule is C[Si](C)(C)CCOCn1ccc2c(-c3cnn([C@H]4CC[C@@H](CSc5ccccc5C#N)CC4)c3)ncnc21.O=C(O)C(F)(F)F. The Bertz CT molecular complexity index is 1620. The van der Waals surface area contributed by atoms with Gasteiger partial charge in [0.15, 0.2) is 0 Å². The minimum atomic E-state index is -5.08. The zero-order valence-corrected chi connectivity index (χ0v) is 27.3. The van der Waals surface area contributed by atoms with E-state index in [0.29, 0.717) is 18.7 Å². The molecule has 1 saturated carbocycles. The van der Waals surface area contributed by atoms with Gasteiger partial charge in [0.2, 0.25) is 0 Å². The van der Waals surface area contributed by atoms with Crippen LogP contribution in [0.25, 0.3) is 22.3 Å². The molecule has 0 atom stereocenters. The third-order valence-electron chi connectivity index (χ3n) is 7.57. The number of carboxylic acids is 1. The van der Waals surface area contributed by atoms with Crippen molar-refractivity contribution in [2.75, 3.05) is 12.4 Å². The summed E-state index contributed by atoms with van der Waals surface area (Å²) in [4.78, 5) is 19.2. The van der Waals surface area contributed by atoms with Crippen molar-refractivity contribution in [1.82, 2.24) is 24.3 Å². The van der Waals surface area contributed by atoms with E-state index in [1.165, 1.54) is 12.8 Å². The third kappa shape index (κ3) is 9.66. The number of hydrogen-bond acceptors (Lipinski definition) is 7. The average molecular weight is 659 g/mol. The Labute approximate surface area is 265 Å². The summed E-state index contributed by atoms with van der Waals surface area (Å²) in [7, 11) is -1.11. The second-order valence-corrected chi connectivity index (χ2v) is 18.9. The fourth-order valence-electron chi connectivity index (χ4n) is 5.01. The first-order valence-corrected chi connectivity index (χ1v) is 19.4. The summed E-state index contributed by atoms with van der Waals surface area (Å²) in [5, 5.41) is 22.2. The molecule has 5 rings (SSSR count). The highest BCUT2D eigenvalue weighted by Gasteiger charge is 2.38. The van der Waals surface area contributed by atoms with Gasteiger partial charge in [0.25, 0.3) is 0 Å². The van der Waals surface area contributed by atoms with E-state index in [4.69, 9.17) is 19.7 Å². The molecule has 0 saturated heterocycles. The Morgan fingerprint density at radius 3 is 2.53 bits per heavy atom. The van der Waals surface area contributed by atoms with Gasteiger partial charge in [-0.2, -0.15) is 23.5 Å². The van der Waals surface area contributed by atoms with E-state index in [-0.39, 0.29) is 0 Å². The van der Waals surface area contributed by atoms with E-state index >= 15 is 0 Å². The van der Waals surface area contributed by atoms with Crippen LogP contribution in [0.5, 0.6) is 0 Å². The Morgan fingerprint density at radius 2 is 1.87 bits per heavy atom. The predicted octanol–water partition coefficient (Wildman–Crippen LogP) is 7.64. The first-order valence-electron chi connectivity index (χ1n) is 14.7. The highest BCUT2D eigenvalue weighted by atomic mass is 32.2. The van der Waals surface area contributed by atoms with Crippen molar-refractivity contribution < 1.29 is 27.8 Å². The standard InChI is InChI=1S/C29H36N6OSSi.C2HF3O2/c1-38(2,3)15-14-36-21-34-13-12-26-28(31-20-32-29(26)34)24-17-33-35(18-24)25-10-8-22(9-11-25)19-37-27-7-5-4-6-23(27)16-30;3-2(4,5)1(6)7/h4-7,12-13,17-18,20,22,25H,8-11,14-15,19,21H2,1-3H3;(H,6,7)/t22-,25+;. The molecule has 14 heteroatoms. The Balaban J connectivity index is 0.000000591. The number of carboxylic acid groups (broad SMARTS) is 1. The first-order chi connectivity index (χ1) is 21.4. The number of carbonyl (C=O) groups is 1. The van der Waals surface area contributed by atoms with Crippen LogP contribution in [-0.2, 0) is 16.3 Å². The normalized spacial score (nSPS) is 17.0. The quantitative estimate of drug-likeness (QED) is 0.105. The molecule has 1 aliphatic rings. The fourth-order valence-corrected chi connectivity index (χ4v) is 6.96. The number of thioether (sulfide) groups is 1. The first kappa shape index (κ1) is 34.2. The van der Waals surface area contributed by atoms with E-state index in [0.717, 1.165) is 64.0 Å². The van der Waals surface area contributed by atoms with Crippen molar-refractivity contribution in [1.29, 1.82) is 5.26 Å². The van der Waals surface area contributed by atoms with Crippen molar-refractivity contribution in [3.05, 3.63) is 60.8 Å². The molecular formula is C31H37F3N6O3SSi. The number of benzene rings is 1. The van der Waals surface area contributed by atoms with Crippen LogP contribution in [0.15, 0.2) is 60.1 Å². The van der Waals surface area contributed by atoms with Crippen LogP contribution in [0.4, 0.5) is 13.2 Å². The summed E-state index contributed by atoms with van der Waals surface area (Å²) in [6.45, 7) is 8.39. The van der Waals surface area contributed by atoms with Crippen LogP contribution >= 0.6 is 11.8 Å². The number of hydrogen-bond donors (Lipinski definition) is 1. The van der Waals surface area contributed by atoms with Crippen molar-refractivity contribution in [2.45, 2.75) is 75.2 Å². The molecule has 240 valence electrons. The second-order valence-electron chi connectivity index (χ2n) is 12.2. The van der Waals surface area contributed by atoms with Gasteiger partial charge in [-0.15, -0.1) is 11.8 Å². The minimum Gasteiger partial charge on any atom is -0.475 e. The van der Waals surface area contributed by atoms with E-state index in [9.17, 15) is 18.4 Å². The molecule has 1 fully saturated rings. The van der Waals surface area contributed by atoms with Crippen LogP contribution in [0.2, 0.25) is 25.7 Å². The molecule has 1 aliphatic carbocycles. The molecule has 0 amide bonds. The van der Waals surface area contributed by atoms with Crippen molar-refractivity contribution in [3.8, 4) is 17.3 Å². The van der Waals surface area contributed by atoms with E-state index < -0.39 is 20.2 Å². The van der Waals surface area contributed by atoms with E-state index in [2.05, 4.69) is 63.3 Å². The van der Waals surface area contributed by atoms with Crippen LogP contribution in [-0.4, -0.2) is 62.0 Å². The van der Waals surface area contributed by atoms with Gasteiger partial charge in [-0.05, 0) is 55.8 Å². The molecule has 3 aromatic heterocycles. The number of aliphatic carboxylic acids is 1. The Kier molecular flexibility index (Phi) is 11.5. The zero-order valence-electron chi connectivity index (χ0n) is 25.5. The van der Waals surface area contributed by atoms with E-state index in [1.54, 1.807) is 6.33 Å². The van der Waals surface area contributed by atoms with Crippen LogP contribution in [0, 0.1) is 17.2 Å². The zero-order chi connectivity index (χ0) is 32.6. The molecule has 9 nitrogen and oxygen atoms in total. The number of rotatable bonds is 10. The maximum atomic E-state index is 10.6. The highest BCUT2D eigenvalue weighted by molar-refractivity contribution is 7.99. The molecule has 45 heavy (non-hydrogen) atoms. The van der Waals surface area contributed by atoms with E-state index in [1.807, 2.05) is 42.4 Å². The van der Waals surface area contributed by atoms with Gasteiger partial charge in [0.1, 0.15) is 24.8 Å². The maximum absolute atomic E-state index is 10.6. The number of aromatic nitrogens is 5. The number of nitriles is 1. The van der Waals surface area contributed by atoms with Crippen LogP contribution < -0.4 is 0 Å².